The number of nitrogens with one attached hydrogen (secondary N) is 1. The fourth-order valence-corrected chi connectivity index (χ4v) is 4.39. The number of rotatable bonds is 8. The average molecular weight is 402 g/mol. The van der Waals surface area contributed by atoms with Crippen LogP contribution in [0.1, 0.15) is 55.2 Å². The monoisotopic (exact) mass is 401 g/mol. The van der Waals surface area contributed by atoms with E-state index in [0.717, 1.165) is 54.5 Å². The van der Waals surface area contributed by atoms with Crippen molar-refractivity contribution in [3.05, 3.63) is 46.8 Å². The van der Waals surface area contributed by atoms with Crippen molar-refractivity contribution in [1.29, 1.82) is 0 Å². The second-order valence-electron chi connectivity index (χ2n) is 7.48. The molecule has 0 saturated carbocycles. The highest BCUT2D eigenvalue weighted by Gasteiger charge is 2.21. The lowest BCUT2D eigenvalue weighted by Gasteiger charge is -2.16. The van der Waals surface area contributed by atoms with E-state index in [4.69, 9.17) is 4.74 Å². The van der Waals surface area contributed by atoms with Crippen LogP contribution in [0, 0.1) is 13.8 Å². The maximum Gasteiger partial charge on any atom is 0.230 e. The maximum atomic E-state index is 12.5. The molecule has 2 aromatic rings. The van der Waals surface area contributed by atoms with Crippen LogP contribution in [0.5, 0.6) is 0 Å². The highest BCUT2D eigenvalue weighted by Crippen LogP contribution is 2.24. The summed E-state index contributed by atoms with van der Waals surface area (Å²) in [7, 11) is 0. The molecule has 2 heterocycles. The highest BCUT2D eigenvalue weighted by molar-refractivity contribution is 7.99. The van der Waals surface area contributed by atoms with Gasteiger partial charge in [0, 0.05) is 12.3 Å². The minimum absolute atomic E-state index is 0.00545. The van der Waals surface area contributed by atoms with Crippen LogP contribution in [0.15, 0.2) is 29.4 Å². The number of hydrogen-bond acceptors (Lipinski definition) is 4. The number of hydrogen-bond donors (Lipinski definition) is 1. The molecule has 1 aromatic carbocycles. The summed E-state index contributed by atoms with van der Waals surface area (Å²) in [6.07, 6.45) is 3.50. The van der Waals surface area contributed by atoms with Crippen molar-refractivity contribution in [3.63, 3.8) is 0 Å². The van der Waals surface area contributed by atoms with Crippen LogP contribution in [-0.2, 0) is 22.5 Å². The molecule has 1 fully saturated rings. The van der Waals surface area contributed by atoms with E-state index in [1.165, 1.54) is 17.3 Å². The molecule has 5 nitrogen and oxygen atoms in total. The number of aromatic nitrogens is 2. The summed E-state index contributed by atoms with van der Waals surface area (Å²) in [6, 6.07) is 8.44. The van der Waals surface area contributed by atoms with Gasteiger partial charge in [0.25, 0.3) is 0 Å². The average Bonchev–Trinajstić information content (AvgIpc) is 3.30. The molecule has 0 unspecified atom stereocenters. The van der Waals surface area contributed by atoms with E-state index in [9.17, 15) is 4.79 Å². The largest absolute Gasteiger partial charge is 0.376 e. The number of amides is 1. The SMILES string of the molecule is CCc1ccc([C@H](C)NC(=O)CSc2nc(C)c(C)n2C[C@@H]2CCCO2)cc1. The predicted molar refractivity (Wildman–Crippen MR) is 114 cm³/mol. The van der Waals surface area contributed by atoms with Gasteiger partial charge in [-0.2, -0.15) is 0 Å². The van der Waals surface area contributed by atoms with Crippen molar-refractivity contribution in [3.8, 4) is 0 Å². The Kier molecular flexibility index (Phi) is 7.18. The number of aryl methyl sites for hydroxylation is 2. The van der Waals surface area contributed by atoms with Gasteiger partial charge in [-0.05, 0) is 51.2 Å². The first kappa shape index (κ1) is 20.9. The van der Waals surface area contributed by atoms with E-state index in [-0.39, 0.29) is 18.1 Å². The van der Waals surface area contributed by atoms with Gasteiger partial charge < -0.3 is 14.6 Å². The number of imidazole rings is 1. The molecule has 152 valence electrons. The Morgan fingerprint density at radius 2 is 2.11 bits per heavy atom. The smallest absolute Gasteiger partial charge is 0.230 e. The van der Waals surface area contributed by atoms with Crippen molar-refractivity contribution < 1.29 is 9.53 Å². The molecule has 1 aliphatic heterocycles. The number of thioether (sulfide) groups is 1. The third-order valence-corrected chi connectivity index (χ3v) is 6.41. The van der Waals surface area contributed by atoms with Gasteiger partial charge >= 0.3 is 0 Å². The lowest BCUT2D eigenvalue weighted by atomic mass is 10.1. The van der Waals surface area contributed by atoms with Crippen molar-refractivity contribution >= 4 is 17.7 Å². The predicted octanol–water partition coefficient (Wildman–Crippen LogP) is 4.21. The first-order valence-corrected chi connectivity index (χ1v) is 11.1. The Morgan fingerprint density at radius 3 is 2.75 bits per heavy atom. The van der Waals surface area contributed by atoms with Crippen LogP contribution in [0.3, 0.4) is 0 Å². The van der Waals surface area contributed by atoms with Crippen LogP contribution in [0.2, 0.25) is 0 Å². The van der Waals surface area contributed by atoms with Gasteiger partial charge in [-0.15, -0.1) is 0 Å². The van der Waals surface area contributed by atoms with Crippen molar-refractivity contribution in [2.24, 2.45) is 0 Å². The molecule has 6 heteroatoms. The molecule has 1 aromatic heterocycles. The third kappa shape index (κ3) is 5.17. The molecule has 1 aliphatic rings. The van der Waals surface area contributed by atoms with Crippen LogP contribution in [0.4, 0.5) is 0 Å². The molecular weight excluding hydrogens is 370 g/mol. The molecule has 1 N–H and O–H groups in total. The molecule has 28 heavy (non-hydrogen) atoms. The quantitative estimate of drug-likeness (QED) is 0.673. The number of carbonyl (C=O) groups is 1. The standard InChI is InChI=1S/C22H31N3O2S/c1-5-18-8-10-19(11-9-18)16(3)23-21(26)14-28-22-24-15(2)17(4)25(22)13-20-7-6-12-27-20/h8-11,16,20H,5-7,12-14H2,1-4H3,(H,23,26)/t16-,20-/m0/s1. The van der Waals surface area contributed by atoms with Gasteiger partial charge in [0.15, 0.2) is 5.16 Å². The fourth-order valence-electron chi connectivity index (χ4n) is 3.48. The van der Waals surface area contributed by atoms with E-state index in [2.05, 4.69) is 53.0 Å². The Labute approximate surface area is 172 Å². The van der Waals surface area contributed by atoms with Crippen LogP contribution in [-0.4, -0.2) is 33.9 Å². The topological polar surface area (TPSA) is 56.2 Å². The lowest BCUT2D eigenvalue weighted by molar-refractivity contribution is -0.119. The van der Waals surface area contributed by atoms with E-state index in [1.807, 2.05) is 13.8 Å². The first-order valence-electron chi connectivity index (χ1n) is 10.1. The van der Waals surface area contributed by atoms with Crippen LogP contribution < -0.4 is 5.32 Å². The van der Waals surface area contributed by atoms with E-state index in [0.29, 0.717) is 5.75 Å². The van der Waals surface area contributed by atoms with E-state index < -0.39 is 0 Å². The Bertz CT molecular complexity index is 795. The van der Waals surface area contributed by atoms with E-state index >= 15 is 0 Å². The summed E-state index contributed by atoms with van der Waals surface area (Å²) in [6.45, 7) is 9.94. The molecule has 0 radical (unpaired) electrons. The zero-order valence-corrected chi connectivity index (χ0v) is 18.1. The van der Waals surface area contributed by atoms with Crippen molar-refractivity contribution in [2.75, 3.05) is 12.4 Å². The summed E-state index contributed by atoms with van der Waals surface area (Å²) < 4.78 is 7.99. The Hall–Kier alpha value is -1.79. The zero-order chi connectivity index (χ0) is 20.1. The molecule has 0 spiro atoms. The fraction of sp³-hybridized carbons (Fsp3) is 0.545. The van der Waals surface area contributed by atoms with Gasteiger partial charge in [-0.3, -0.25) is 4.79 Å². The summed E-state index contributed by atoms with van der Waals surface area (Å²) in [4.78, 5) is 17.1. The number of ether oxygens (including phenoxy) is 1. The summed E-state index contributed by atoms with van der Waals surface area (Å²) in [5.41, 5.74) is 4.61. The summed E-state index contributed by atoms with van der Waals surface area (Å²) >= 11 is 1.50. The van der Waals surface area contributed by atoms with Crippen LogP contribution in [0.25, 0.3) is 0 Å². The molecule has 0 bridgehead atoms. The molecule has 1 amide bonds. The first-order chi connectivity index (χ1) is 13.5. The minimum Gasteiger partial charge on any atom is -0.376 e. The maximum absolute atomic E-state index is 12.5. The van der Waals surface area contributed by atoms with Gasteiger partial charge in [-0.1, -0.05) is 43.0 Å². The summed E-state index contributed by atoms with van der Waals surface area (Å²) in [5.74, 6) is 0.387. The summed E-state index contributed by atoms with van der Waals surface area (Å²) in [5, 5.41) is 4.00. The number of carbonyl (C=O) groups excluding carboxylic acids is 1. The van der Waals surface area contributed by atoms with Crippen LogP contribution >= 0.6 is 11.8 Å². The minimum atomic E-state index is -0.00545. The van der Waals surface area contributed by atoms with Gasteiger partial charge in [0.1, 0.15) is 0 Å². The van der Waals surface area contributed by atoms with Crippen molar-refractivity contribution in [2.45, 2.75) is 70.8 Å². The lowest BCUT2D eigenvalue weighted by Crippen LogP contribution is -2.28. The van der Waals surface area contributed by atoms with Crippen molar-refractivity contribution in [1.82, 2.24) is 14.9 Å². The highest BCUT2D eigenvalue weighted by atomic mass is 32.2. The molecule has 2 atom stereocenters. The van der Waals surface area contributed by atoms with Gasteiger partial charge in [0.05, 0.1) is 30.1 Å². The second kappa shape index (κ2) is 9.61. The molecule has 3 rings (SSSR count). The Balaban J connectivity index is 1.57. The van der Waals surface area contributed by atoms with Gasteiger partial charge in [0.2, 0.25) is 5.91 Å². The number of nitrogens with zero attached hydrogens (tertiary/aromatic N) is 2. The van der Waals surface area contributed by atoms with Gasteiger partial charge in [-0.25, -0.2) is 4.98 Å². The molecule has 0 aliphatic carbocycles. The Morgan fingerprint density at radius 1 is 1.36 bits per heavy atom. The second-order valence-corrected chi connectivity index (χ2v) is 8.43. The molecular formula is C22H31N3O2S. The number of benzene rings is 1. The third-order valence-electron chi connectivity index (χ3n) is 5.43. The zero-order valence-electron chi connectivity index (χ0n) is 17.3. The normalized spacial score (nSPS) is 17.6. The van der Waals surface area contributed by atoms with E-state index in [1.54, 1.807) is 0 Å². The molecule has 1 saturated heterocycles.